The van der Waals surface area contributed by atoms with E-state index in [4.69, 9.17) is 18.9 Å². The molecule has 29 heavy (non-hydrogen) atoms. The molecule has 1 aromatic rings. The van der Waals surface area contributed by atoms with E-state index in [0.717, 1.165) is 49.0 Å². The van der Waals surface area contributed by atoms with Crippen molar-refractivity contribution < 1.29 is 23.3 Å². The maximum Gasteiger partial charge on any atom is 0.193 e. The molecule has 2 aliphatic heterocycles. The van der Waals surface area contributed by atoms with E-state index >= 15 is 0 Å². The quantitative estimate of drug-likeness (QED) is 0.245. The summed E-state index contributed by atoms with van der Waals surface area (Å²) in [5.41, 5.74) is 1.62. The maximum atomic E-state index is 13.9. The highest BCUT2D eigenvalue weighted by molar-refractivity contribution is 14.0. The van der Waals surface area contributed by atoms with Crippen LogP contribution in [0.2, 0.25) is 0 Å². The Kier molecular flexibility index (Phi) is 10.4. The second-order valence-electron chi connectivity index (χ2n) is 7.06. The van der Waals surface area contributed by atoms with Crippen molar-refractivity contribution in [1.29, 1.82) is 0 Å². The number of hydrogen-bond acceptors (Lipinski definition) is 5. The van der Waals surface area contributed by atoms with Gasteiger partial charge in [-0.3, -0.25) is 4.99 Å². The Morgan fingerprint density at radius 2 is 2.24 bits per heavy atom. The predicted octanol–water partition coefficient (Wildman–Crippen LogP) is 2.41. The molecule has 164 valence electrons. The zero-order valence-electron chi connectivity index (χ0n) is 17.1. The summed E-state index contributed by atoms with van der Waals surface area (Å²) in [6, 6.07) is 3.02. The van der Waals surface area contributed by atoms with E-state index in [9.17, 15) is 4.39 Å². The van der Waals surface area contributed by atoms with Crippen molar-refractivity contribution in [3.8, 4) is 5.75 Å². The fourth-order valence-corrected chi connectivity index (χ4v) is 3.64. The van der Waals surface area contributed by atoms with Crippen LogP contribution in [-0.2, 0) is 27.2 Å². The van der Waals surface area contributed by atoms with Crippen molar-refractivity contribution in [3.63, 3.8) is 0 Å². The predicted molar refractivity (Wildman–Crippen MR) is 120 cm³/mol. The van der Waals surface area contributed by atoms with Gasteiger partial charge in [-0.2, -0.15) is 0 Å². The summed E-state index contributed by atoms with van der Waals surface area (Å²) < 4.78 is 35.3. The van der Waals surface area contributed by atoms with Crippen LogP contribution in [-0.4, -0.2) is 71.3 Å². The Morgan fingerprint density at radius 1 is 1.38 bits per heavy atom. The summed E-state index contributed by atoms with van der Waals surface area (Å²) in [7, 11) is 3.46. The molecule has 0 aliphatic carbocycles. The van der Waals surface area contributed by atoms with Gasteiger partial charge in [-0.15, -0.1) is 24.0 Å². The first-order chi connectivity index (χ1) is 13.7. The number of guanidine groups is 1. The average molecular weight is 523 g/mol. The zero-order valence-corrected chi connectivity index (χ0v) is 19.4. The SMILES string of the molecule is CN=C(NCCc1cc(F)cc2c1OCOC2)N1CCC(COCCOC)C1.I. The molecule has 2 heterocycles. The minimum Gasteiger partial charge on any atom is -0.467 e. The summed E-state index contributed by atoms with van der Waals surface area (Å²) in [4.78, 5) is 6.64. The van der Waals surface area contributed by atoms with Gasteiger partial charge in [0.15, 0.2) is 12.8 Å². The van der Waals surface area contributed by atoms with Crippen LogP contribution in [0.5, 0.6) is 5.75 Å². The third-order valence-electron chi connectivity index (χ3n) is 5.01. The number of nitrogens with one attached hydrogen (secondary N) is 1. The Bertz CT molecular complexity index is 677. The van der Waals surface area contributed by atoms with Crippen LogP contribution >= 0.6 is 24.0 Å². The molecule has 0 bridgehead atoms. The molecule has 1 saturated heterocycles. The number of hydrogen-bond donors (Lipinski definition) is 1. The van der Waals surface area contributed by atoms with Crippen molar-refractivity contribution >= 4 is 29.9 Å². The number of rotatable bonds is 8. The molecule has 0 amide bonds. The minimum absolute atomic E-state index is 0. The van der Waals surface area contributed by atoms with E-state index in [1.165, 1.54) is 12.1 Å². The van der Waals surface area contributed by atoms with Gasteiger partial charge in [0.1, 0.15) is 11.6 Å². The van der Waals surface area contributed by atoms with Gasteiger partial charge >= 0.3 is 0 Å². The third-order valence-corrected chi connectivity index (χ3v) is 5.01. The van der Waals surface area contributed by atoms with Crippen molar-refractivity contribution in [2.45, 2.75) is 19.4 Å². The molecule has 1 fully saturated rings. The molecule has 0 saturated carbocycles. The Morgan fingerprint density at radius 3 is 3.03 bits per heavy atom. The molecule has 3 rings (SSSR count). The zero-order chi connectivity index (χ0) is 19.8. The number of methoxy groups -OCH3 is 1. The first-order valence-electron chi connectivity index (χ1n) is 9.75. The van der Waals surface area contributed by atoms with Gasteiger partial charge in [0.2, 0.25) is 0 Å². The maximum absolute atomic E-state index is 13.9. The largest absolute Gasteiger partial charge is 0.467 e. The monoisotopic (exact) mass is 523 g/mol. The summed E-state index contributed by atoms with van der Waals surface area (Å²) in [6.07, 6.45) is 1.73. The van der Waals surface area contributed by atoms with E-state index in [0.29, 0.717) is 38.7 Å². The molecular weight excluding hydrogens is 492 g/mol. The van der Waals surface area contributed by atoms with Crippen LogP contribution in [0.3, 0.4) is 0 Å². The first kappa shape index (κ1) is 24.1. The van der Waals surface area contributed by atoms with Gasteiger partial charge in [-0.25, -0.2) is 4.39 Å². The van der Waals surface area contributed by atoms with Crippen LogP contribution in [0, 0.1) is 11.7 Å². The molecule has 0 aromatic heterocycles. The molecule has 0 spiro atoms. The molecule has 0 radical (unpaired) electrons. The Labute approximate surface area is 188 Å². The lowest BCUT2D eigenvalue weighted by atomic mass is 10.1. The molecule has 1 aromatic carbocycles. The summed E-state index contributed by atoms with van der Waals surface area (Å²) in [6.45, 7) is 5.11. The normalized spacial score (nSPS) is 18.8. The van der Waals surface area contributed by atoms with Crippen molar-refractivity contribution in [2.24, 2.45) is 10.9 Å². The van der Waals surface area contributed by atoms with E-state index in [2.05, 4.69) is 15.2 Å². The molecule has 1 unspecified atom stereocenters. The smallest absolute Gasteiger partial charge is 0.193 e. The van der Waals surface area contributed by atoms with E-state index in [-0.39, 0.29) is 36.6 Å². The van der Waals surface area contributed by atoms with Crippen molar-refractivity contribution in [3.05, 3.63) is 29.1 Å². The van der Waals surface area contributed by atoms with Crippen LogP contribution in [0.25, 0.3) is 0 Å². The third kappa shape index (κ3) is 6.94. The number of halogens is 2. The summed E-state index contributed by atoms with van der Waals surface area (Å²) in [5.74, 6) is 1.86. The molecule has 2 aliphatic rings. The summed E-state index contributed by atoms with van der Waals surface area (Å²) >= 11 is 0. The number of aliphatic imine (C=N–C) groups is 1. The van der Waals surface area contributed by atoms with Crippen molar-refractivity contribution in [1.82, 2.24) is 10.2 Å². The van der Waals surface area contributed by atoms with Gasteiger partial charge in [-0.1, -0.05) is 0 Å². The van der Waals surface area contributed by atoms with E-state index in [1.54, 1.807) is 14.2 Å². The molecule has 7 nitrogen and oxygen atoms in total. The van der Waals surface area contributed by atoms with E-state index in [1.807, 2.05) is 0 Å². The lowest BCUT2D eigenvalue weighted by Gasteiger charge is -2.23. The topological polar surface area (TPSA) is 64.6 Å². The fraction of sp³-hybridized carbons (Fsp3) is 0.650. The van der Waals surface area contributed by atoms with Gasteiger partial charge < -0.3 is 29.2 Å². The van der Waals surface area contributed by atoms with Crippen LogP contribution in [0.15, 0.2) is 17.1 Å². The number of ether oxygens (including phenoxy) is 4. The van der Waals surface area contributed by atoms with Crippen LogP contribution in [0.4, 0.5) is 4.39 Å². The number of benzene rings is 1. The fourth-order valence-electron chi connectivity index (χ4n) is 3.64. The second-order valence-corrected chi connectivity index (χ2v) is 7.06. The highest BCUT2D eigenvalue weighted by atomic mass is 127. The highest BCUT2D eigenvalue weighted by Crippen LogP contribution is 2.29. The molecule has 1 atom stereocenters. The van der Waals surface area contributed by atoms with Gasteiger partial charge in [-0.05, 0) is 30.5 Å². The van der Waals surface area contributed by atoms with E-state index < -0.39 is 0 Å². The molecule has 1 N–H and O–H groups in total. The van der Waals surface area contributed by atoms with Crippen LogP contribution in [0.1, 0.15) is 17.5 Å². The lowest BCUT2D eigenvalue weighted by Crippen LogP contribution is -2.41. The summed E-state index contributed by atoms with van der Waals surface area (Å²) in [5, 5.41) is 3.39. The van der Waals surface area contributed by atoms with Crippen molar-refractivity contribution in [2.75, 3.05) is 60.4 Å². The second kappa shape index (κ2) is 12.5. The molecule has 9 heteroatoms. The Balaban J connectivity index is 0.00000300. The first-order valence-corrected chi connectivity index (χ1v) is 9.75. The van der Waals surface area contributed by atoms with Crippen LogP contribution < -0.4 is 10.1 Å². The minimum atomic E-state index is -0.261. The number of fused-ring (bicyclic) bond motifs is 1. The van der Waals surface area contributed by atoms with Gasteiger partial charge in [0.05, 0.1) is 26.4 Å². The highest BCUT2D eigenvalue weighted by Gasteiger charge is 2.25. The number of likely N-dealkylation sites (tertiary alicyclic amines) is 1. The van der Waals surface area contributed by atoms with Gasteiger partial charge in [0.25, 0.3) is 0 Å². The average Bonchev–Trinajstić information content (AvgIpc) is 3.17. The standard InChI is InChI=1S/C20H30FN3O4.HI/c1-22-20(24-6-4-15(11-24)12-26-8-7-25-2)23-5-3-16-9-18(21)10-17-13-27-14-28-19(16)17;/h9-10,15H,3-8,11-14H2,1-2H3,(H,22,23);1H. The lowest BCUT2D eigenvalue weighted by molar-refractivity contribution is -0.0172. The Hall–Kier alpha value is -1.17. The number of nitrogens with zero attached hydrogens (tertiary/aromatic N) is 2. The van der Waals surface area contributed by atoms with Gasteiger partial charge in [0, 0.05) is 45.3 Å². The molecular formula is C20H31FIN3O4.